The molecule has 0 unspecified atom stereocenters. The SMILES string of the molecule is Cc1cc(C(=O)N2C[C@H](O)C[C@H]2CO)c(C)n1C(C)C. The van der Waals surface area contributed by atoms with E-state index in [0.29, 0.717) is 24.6 Å². The smallest absolute Gasteiger partial charge is 0.256 e. The molecule has 2 N–H and O–H groups in total. The zero-order valence-electron chi connectivity index (χ0n) is 12.6. The van der Waals surface area contributed by atoms with Crippen LogP contribution >= 0.6 is 0 Å². The molecule has 0 radical (unpaired) electrons. The first-order valence-electron chi connectivity index (χ1n) is 7.15. The van der Waals surface area contributed by atoms with Crippen molar-refractivity contribution < 1.29 is 15.0 Å². The van der Waals surface area contributed by atoms with E-state index in [-0.39, 0.29) is 18.6 Å². The lowest BCUT2D eigenvalue weighted by Crippen LogP contribution is -2.38. The monoisotopic (exact) mass is 280 g/mol. The normalized spacial score (nSPS) is 22.9. The van der Waals surface area contributed by atoms with Gasteiger partial charge in [-0.05, 0) is 40.2 Å². The average Bonchev–Trinajstić information content (AvgIpc) is 2.88. The number of aromatic nitrogens is 1. The van der Waals surface area contributed by atoms with Crippen molar-refractivity contribution in [2.45, 2.75) is 52.3 Å². The van der Waals surface area contributed by atoms with Gasteiger partial charge in [0.05, 0.1) is 24.3 Å². The van der Waals surface area contributed by atoms with E-state index in [0.717, 1.165) is 11.4 Å². The third-order valence-electron chi connectivity index (χ3n) is 4.10. The number of hydrogen-bond acceptors (Lipinski definition) is 3. The summed E-state index contributed by atoms with van der Waals surface area (Å²) in [5.74, 6) is -0.0967. The fourth-order valence-electron chi connectivity index (χ4n) is 3.26. The predicted octanol–water partition coefficient (Wildman–Crippen LogP) is 1.25. The molecule has 1 aromatic rings. The van der Waals surface area contributed by atoms with Crippen LogP contribution in [-0.2, 0) is 0 Å². The highest BCUT2D eigenvalue weighted by Gasteiger charge is 2.35. The van der Waals surface area contributed by atoms with E-state index in [1.807, 2.05) is 19.9 Å². The van der Waals surface area contributed by atoms with E-state index < -0.39 is 6.10 Å². The molecule has 0 aromatic carbocycles. The fraction of sp³-hybridized carbons (Fsp3) is 0.667. The van der Waals surface area contributed by atoms with Crippen molar-refractivity contribution in [2.75, 3.05) is 13.2 Å². The number of nitrogens with zero attached hydrogens (tertiary/aromatic N) is 2. The van der Waals surface area contributed by atoms with E-state index in [1.54, 1.807) is 4.90 Å². The van der Waals surface area contributed by atoms with Gasteiger partial charge in [0.2, 0.25) is 0 Å². The number of rotatable bonds is 3. The average molecular weight is 280 g/mol. The number of aliphatic hydroxyl groups is 2. The van der Waals surface area contributed by atoms with Crippen LogP contribution in [0.3, 0.4) is 0 Å². The molecular formula is C15H24N2O3. The van der Waals surface area contributed by atoms with Crippen LogP contribution in [0.15, 0.2) is 6.07 Å². The molecule has 1 aliphatic heterocycles. The summed E-state index contributed by atoms with van der Waals surface area (Å²) in [6.07, 6.45) is -0.0878. The van der Waals surface area contributed by atoms with Gasteiger partial charge < -0.3 is 19.7 Å². The minimum atomic E-state index is -0.537. The molecule has 20 heavy (non-hydrogen) atoms. The lowest BCUT2D eigenvalue weighted by atomic mass is 10.2. The highest BCUT2D eigenvalue weighted by molar-refractivity contribution is 5.96. The first kappa shape index (κ1) is 15.1. The molecule has 5 nitrogen and oxygen atoms in total. The van der Waals surface area contributed by atoms with Crippen molar-refractivity contribution in [2.24, 2.45) is 0 Å². The van der Waals surface area contributed by atoms with Crippen LogP contribution in [0.5, 0.6) is 0 Å². The maximum Gasteiger partial charge on any atom is 0.256 e. The Bertz CT molecular complexity index is 507. The minimum absolute atomic E-state index is 0.0967. The van der Waals surface area contributed by atoms with Gasteiger partial charge in [-0.2, -0.15) is 0 Å². The topological polar surface area (TPSA) is 65.7 Å². The lowest BCUT2D eigenvalue weighted by molar-refractivity contribution is 0.0664. The highest BCUT2D eigenvalue weighted by atomic mass is 16.3. The molecule has 1 saturated heterocycles. The standard InChI is InChI=1S/C15H24N2O3/c1-9(2)17-10(3)5-14(11(17)4)15(20)16-7-13(19)6-12(16)8-18/h5,9,12-13,18-19H,6-8H2,1-4H3/t12-,13+/m0/s1. The third kappa shape index (κ3) is 2.47. The Kier molecular flexibility index (Phi) is 4.20. The molecule has 2 heterocycles. The molecule has 1 fully saturated rings. The Hall–Kier alpha value is -1.33. The van der Waals surface area contributed by atoms with Crippen LogP contribution in [0.25, 0.3) is 0 Å². The highest BCUT2D eigenvalue weighted by Crippen LogP contribution is 2.25. The summed E-state index contributed by atoms with van der Waals surface area (Å²) in [5.41, 5.74) is 2.67. The van der Waals surface area contributed by atoms with Crippen molar-refractivity contribution in [3.8, 4) is 0 Å². The van der Waals surface area contributed by atoms with Gasteiger partial charge in [0.25, 0.3) is 5.91 Å². The summed E-state index contributed by atoms with van der Waals surface area (Å²) >= 11 is 0. The molecule has 1 amide bonds. The van der Waals surface area contributed by atoms with Crippen molar-refractivity contribution in [1.29, 1.82) is 0 Å². The van der Waals surface area contributed by atoms with Crippen LogP contribution in [0, 0.1) is 13.8 Å². The largest absolute Gasteiger partial charge is 0.394 e. The Morgan fingerprint density at radius 2 is 2.10 bits per heavy atom. The van der Waals surface area contributed by atoms with E-state index >= 15 is 0 Å². The van der Waals surface area contributed by atoms with E-state index in [9.17, 15) is 15.0 Å². The summed E-state index contributed by atoms with van der Waals surface area (Å²) in [4.78, 5) is 14.3. The lowest BCUT2D eigenvalue weighted by Gasteiger charge is -2.23. The van der Waals surface area contributed by atoms with Crippen LogP contribution in [0.1, 0.15) is 48.1 Å². The minimum Gasteiger partial charge on any atom is -0.394 e. The zero-order valence-corrected chi connectivity index (χ0v) is 12.6. The quantitative estimate of drug-likeness (QED) is 0.876. The Morgan fingerprint density at radius 3 is 2.60 bits per heavy atom. The van der Waals surface area contributed by atoms with Gasteiger partial charge in [-0.25, -0.2) is 0 Å². The van der Waals surface area contributed by atoms with Gasteiger partial charge in [0.15, 0.2) is 0 Å². The number of aryl methyl sites for hydroxylation is 1. The van der Waals surface area contributed by atoms with Gasteiger partial charge in [-0.1, -0.05) is 0 Å². The number of likely N-dealkylation sites (tertiary alicyclic amines) is 1. The van der Waals surface area contributed by atoms with Gasteiger partial charge in [-0.15, -0.1) is 0 Å². The summed E-state index contributed by atoms with van der Waals surface area (Å²) in [6.45, 7) is 8.31. The molecule has 0 spiro atoms. The second-order valence-electron chi connectivity index (χ2n) is 5.93. The van der Waals surface area contributed by atoms with Gasteiger partial charge in [-0.3, -0.25) is 4.79 Å². The summed E-state index contributed by atoms with van der Waals surface area (Å²) < 4.78 is 2.13. The number of β-amino-alcohol motifs (C(OH)–C–C–N with tert-alkyl or cyclic N) is 1. The second kappa shape index (κ2) is 5.58. The molecule has 5 heteroatoms. The third-order valence-corrected chi connectivity index (χ3v) is 4.10. The van der Waals surface area contributed by atoms with Crippen LogP contribution in [-0.4, -0.2) is 50.9 Å². The summed E-state index contributed by atoms with van der Waals surface area (Å²) in [6, 6.07) is 1.92. The van der Waals surface area contributed by atoms with Crippen LogP contribution in [0.4, 0.5) is 0 Å². The Morgan fingerprint density at radius 1 is 1.45 bits per heavy atom. The number of carbonyl (C=O) groups excluding carboxylic acids is 1. The van der Waals surface area contributed by atoms with Crippen molar-refractivity contribution in [3.63, 3.8) is 0 Å². The van der Waals surface area contributed by atoms with Crippen molar-refractivity contribution in [3.05, 3.63) is 23.0 Å². The molecule has 112 valence electrons. The van der Waals surface area contributed by atoms with Gasteiger partial charge in [0, 0.05) is 24.0 Å². The molecular weight excluding hydrogens is 256 g/mol. The van der Waals surface area contributed by atoms with Gasteiger partial charge in [0.1, 0.15) is 0 Å². The van der Waals surface area contributed by atoms with E-state index in [1.165, 1.54) is 0 Å². The molecule has 0 bridgehead atoms. The first-order chi connectivity index (χ1) is 9.36. The van der Waals surface area contributed by atoms with Crippen LogP contribution < -0.4 is 0 Å². The maximum absolute atomic E-state index is 12.7. The van der Waals surface area contributed by atoms with Crippen molar-refractivity contribution >= 4 is 5.91 Å². The Labute approximate surface area is 119 Å². The van der Waals surface area contributed by atoms with Crippen molar-refractivity contribution in [1.82, 2.24) is 9.47 Å². The zero-order chi connectivity index (χ0) is 15.0. The number of aliphatic hydroxyl groups excluding tert-OH is 2. The van der Waals surface area contributed by atoms with Crippen LogP contribution in [0.2, 0.25) is 0 Å². The molecule has 0 aliphatic carbocycles. The molecule has 1 aromatic heterocycles. The summed E-state index contributed by atoms with van der Waals surface area (Å²) in [5, 5.41) is 19.1. The molecule has 1 aliphatic rings. The second-order valence-corrected chi connectivity index (χ2v) is 5.93. The maximum atomic E-state index is 12.7. The Balaban J connectivity index is 2.32. The predicted molar refractivity (Wildman–Crippen MR) is 76.8 cm³/mol. The van der Waals surface area contributed by atoms with Gasteiger partial charge >= 0.3 is 0 Å². The number of amides is 1. The van der Waals surface area contributed by atoms with E-state index in [2.05, 4.69) is 18.4 Å². The molecule has 2 rings (SSSR count). The fourth-order valence-corrected chi connectivity index (χ4v) is 3.26. The number of hydrogen-bond donors (Lipinski definition) is 2. The number of carbonyl (C=O) groups is 1. The first-order valence-corrected chi connectivity index (χ1v) is 7.15. The molecule has 2 atom stereocenters. The summed E-state index contributed by atoms with van der Waals surface area (Å²) in [7, 11) is 0. The molecule has 0 saturated carbocycles. The van der Waals surface area contributed by atoms with E-state index in [4.69, 9.17) is 0 Å².